The van der Waals surface area contributed by atoms with Crippen molar-refractivity contribution in [1.29, 1.82) is 0 Å². The molecular weight excluding hydrogens is 249 g/mol. The topological polar surface area (TPSA) is 48.4 Å². The molecule has 0 fully saturated rings. The van der Waals surface area contributed by atoms with Gasteiger partial charge in [-0.05, 0) is 25.1 Å². The van der Waals surface area contributed by atoms with Gasteiger partial charge in [0.2, 0.25) is 0 Å². The van der Waals surface area contributed by atoms with Crippen LogP contribution in [-0.4, -0.2) is 19.2 Å². The Morgan fingerprint density at radius 1 is 1.17 bits per heavy atom. The molecule has 0 bridgehead atoms. The smallest absolute Gasteiger partial charge is 0.312 e. The van der Waals surface area contributed by atoms with Gasteiger partial charge in [0.15, 0.2) is 0 Å². The Balaban J connectivity index is 2.36. The van der Waals surface area contributed by atoms with E-state index in [1.165, 1.54) is 19.8 Å². The lowest BCUT2D eigenvalue weighted by Crippen LogP contribution is -1.96. The van der Waals surface area contributed by atoms with Crippen LogP contribution in [0.1, 0.15) is 11.3 Å². The first-order valence-corrected chi connectivity index (χ1v) is 7.36. The van der Waals surface area contributed by atoms with Crippen LogP contribution in [0.5, 0.6) is 0 Å². The van der Waals surface area contributed by atoms with E-state index in [-0.39, 0.29) is 6.16 Å². The molecule has 0 radical (unpaired) electrons. The van der Waals surface area contributed by atoms with Crippen LogP contribution in [0.25, 0.3) is 10.9 Å². The van der Waals surface area contributed by atoms with Gasteiger partial charge in [-0.3, -0.25) is 9.55 Å². The summed E-state index contributed by atoms with van der Waals surface area (Å²) >= 11 is 0. The average Bonchev–Trinajstić information content (AvgIpc) is 2.39. The molecular formula is C13H16NO3P. The molecule has 4 nitrogen and oxygen atoms in total. The number of hydrogen-bond donors (Lipinski definition) is 0. The van der Waals surface area contributed by atoms with Gasteiger partial charge in [-0.1, -0.05) is 17.7 Å². The second kappa shape index (κ2) is 5.19. The second-order valence-corrected chi connectivity index (χ2v) is 6.40. The summed E-state index contributed by atoms with van der Waals surface area (Å²) in [7, 11) is -0.286. The number of rotatable bonds is 4. The minimum atomic E-state index is -3.05. The van der Waals surface area contributed by atoms with Crippen molar-refractivity contribution >= 4 is 18.5 Å². The van der Waals surface area contributed by atoms with Gasteiger partial charge in [0.05, 0.1) is 17.4 Å². The molecule has 0 spiro atoms. The molecule has 1 aromatic carbocycles. The van der Waals surface area contributed by atoms with Crippen LogP contribution in [0.2, 0.25) is 0 Å². The molecule has 2 aromatic rings. The van der Waals surface area contributed by atoms with Crippen LogP contribution in [0, 0.1) is 6.92 Å². The van der Waals surface area contributed by atoms with E-state index in [0.29, 0.717) is 5.69 Å². The number of fused-ring (bicyclic) bond motifs is 1. The predicted octanol–water partition coefficient (Wildman–Crippen LogP) is 3.53. The molecule has 0 saturated carbocycles. The fraction of sp³-hybridized carbons (Fsp3) is 0.308. The first-order valence-electron chi connectivity index (χ1n) is 5.63. The van der Waals surface area contributed by atoms with Gasteiger partial charge in [0.1, 0.15) is 0 Å². The molecule has 1 aromatic heterocycles. The summed E-state index contributed by atoms with van der Waals surface area (Å²) in [6.07, 6.45) is 0.184. The highest BCUT2D eigenvalue weighted by Crippen LogP contribution is 2.49. The fourth-order valence-electron chi connectivity index (χ4n) is 1.78. The SMILES string of the molecule is COP(=O)(Cc1ccc2cc(C)ccc2n1)OC. The lowest BCUT2D eigenvalue weighted by atomic mass is 10.1. The number of pyridine rings is 1. The highest BCUT2D eigenvalue weighted by molar-refractivity contribution is 7.52. The first kappa shape index (κ1) is 13.2. The Labute approximate surface area is 106 Å². The number of aromatic nitrogens is 1. The standard InChI is InChI=1S/C13H16NO3P/c1-10-4-7-13-11(8-10)5-6-12(14-13)9-18(15,16-2)17-3/h4-8H,9H2,1-3H3. The summed E-state index contributed by atoms with van der Waals surface area (Å²) in [5.74, 6) is 0. The molecule has 96 valence electrons. The summed E-state index contributed by atoms with van der Waals surface area (Å²) in [6.45, 7) is 2.04. The molecule has 1 heterocycles. The normalized spacial score (nSPS) is 11.9. The van der Waals surface area contributed by atoms with Gasteiger partial charge in [-0.25, -0.2) is 0 Å². The molecule has 0 aliphatic carbocycles. The third-order valence-electron chi connectivity index (χ3n) is 2.81. The molecule has 0 unspecified atom stereocenters. The van der Waals surface area contributed by atoms with Crippen molar-refractivity contribution in [3.8, 4) is 0 Å². The van der Waals surface area contributed by atoms with Gasteiger partial charge in [-0.2, -0.15) is 0 Å². The summed E-state index contributed by atoms with van der Waals surface area (Å²) in [6, 6.07) is 9.86. The quantitative estimate of drug-likeness (QED) is 0.793. The van der Waals surface area contributed by atoms with E-state index in [9.17, 15) is 4.57 Å². The maximum atomic E-state index is 12.0. The fourth-order valence-corrected chi connectivity index (χ4v) is 2.76. The van der Waals surface area contributed by atoms with E-state index in [1.54, 1.807) is 0 Å². The highest BCUT2D eigenvalue weighted by Gasteiger charge is 2.22. The summed E-state index contributed by atoms with van der Waals surface area (Å²) in [5, 5.41) is 1.07. The van der Waals surface area contributed by atoms with Crippen molar-refractivity contribution in [1.82, 2.24) is 4.98 Å². The molecule has 18 heavy (non-hydrogen) atoms. The second-order valence-electron chi connectivity index (χ2n) is 4.13. The van der Waals surface area contributed by atoms with Crippen LogP contribution in [0.4, 0.5) is 0 Å². The lowest BCUT2D eigenvalue weighted by molar-refractivity contribution is 0.274. The minimum Gasteiger partial charge on any atom is -0.312 e. The molecule has 0 N–H and O–H groups in total. The third kappa shape index (κ3) is 2.78. The van der Waals surface area contributed by atoms with E-state index in [4.69, 9.17) is 9.05 Å². The molecule has 2 rings (SSSR count). The Bertz CT molecular complexity index is 604. The van der Waals surface area contributed by atoms with Crippen molar-refractivity contribution in [2.45, 2.75) is 13.1 Å². The monoisotopic (exact) mass is 265 g/mol. The van der Waals surface area contributed by atoms with Gasteiger partial charge in [-0.15, -0.1) is 0 Å². The largest absolute Gasteiger partial charge is 0.336 e. The maximum Gasteiger partial charge on any atom is 0.336 e. The van der Waals surface area contributed by atoms with Crippen molar-refractivity contribution in [3.63, 3.8) is 0 Å². The van der Waals surface area contributed by atoms with Crippen molar-refractivity contribution in [2.24, 2.45) is 0 Å². The molecule has 0 aliphatic heterocycles. The number of nitrogens with zero attached hydrogens (tertiary/aromatic N) is 1. The third-order valence-corrected chi connectivity index (χ3v) is 4.64. The van der Waals surface area contributed by atoms with E-state index in [1.807, 2.05) is 31.2 Å². The number of hydrogen-bond acceptors (Lipinski definition) is 4. The number of benzene rings is 1. The zero-order chi connectivity index (χ0) is 13.2. The Morgan fingerprint density at radius 2 is 1.89 bits per heavy atom. The molecule has 0 aliphatic rings. The Hall–Kier alpha value is -1.22. The first-order chi connectivity index (χ1) is 8.56. The maximum absolute atomic E-state index is 12.0. The Kier molecular flexibility index (Phi) is 3.81. The molecule has 0 amide bonds. The highest BCUT2D eigenvalue weighted by atomic mass is 31.2. The van der Waals surface area contributed by atoms with Crippen LogP contribution in [0.15, 0.2) is 30.3 Å². The van der Waals surface area contributed by atoms with Gasteiger partial charge < -0.3 is 9.05 Å². The van der Waals surface area contributed by atoms with Crippen molar-refractivity contribution in [3.05, 3.63) is 41.6 Å². The lowest BCUT2D eigenvalue weighted by Gasteiger charge is -2.13. The van der Waals surface area contributed by atoms with Crippen LogP contribution in [0.3, 0.4) is 0 Å². The van der Waals surface area contributed by atoms with E-state index >= 15 is 0 Å². The molecule has 0 atom stereocenters. The summed E-state index contributed by atoms with van der Waals surface area (Å²) in [5.41, 5.74) is 2.78. The van der Waals surface area contributed by atoms with Crippen molar-refractivity contribution < 1.29 is 13.6 Å². The predicted molar refractivity (Wildman–Crippen MR) is 71.8 cm³/mol. The van der Waals surface area contributed by atoms with Gasteiger partial charge in [0, 0.05) is 19.6 Å². The summed E-state index contributed by atoms with van der Waals surface area (Å²) < 4.78 is 21.9. The summed E-state index contributed by atoms with van der Waals surface area (Å²) in [4.78, 5) is 4.47. The zero-order valence-electron chi connectivity index (χ0n) is 10.7. The van der Waals surface area contributed by atoms with Crippen LogP contribution >= 0.6 is 7.60 Å². The van der Waals surface area contributed by atoms with Gasteiger partial charge in [0.25, 0.3) is 0 Å². The van der Waals surface area contributed by atoms with Gasteiger partial charge >= 0.3 is 7.60 Å². The minimum absolute atomic E-state index is 0.184. The van der Waals surface area contributed by atoms with Crippen molar-refractivity contribution in [2.75, 3.05) is 14.2 Å². The van der Waals surface area contributed by atoms with E-state index in [2.05, 4.69) is 11.1 Å². The average molecular weight is 265 g/mol. The Morgan fingerprint density at radius 3 is 2.56 bits per heavy atom. The van der Waals surface area contributed by atoms with Crippen LogP contribution < -0.4 is 0 Å². The molecule has 0 saturated heterocycles. The van der Waals surface area contributed by atoms with E-state index in [0.717, 1.165) is 10.9 Å². The van der Waals surface area contributed by atoms with E-state index < -0.39 is 7.60 Å². The molecule has 5 heteroatoms. The number of aryl methyl sites for hydroxylation is 1. The van der Waals surface area contributed by atoms with Crippen LogP contribution in [-0.2, 0) is 19.8 Å². The zero-order valence-corrected chi connectivity index (χ0v) is 11.6.